The lowest BCUT2D eigenvalue weighted by Crippen LogP contribution is -2.12. The third-order valence-corrected chi connectivity index (χ3v) is 3.00. The second-order valence-electron chi connectivity index (χ2n) is 3.51. The molecule has 0 fully saturated rings. The van der Waals surface area contributed by atoms with Crippen molar-refractivity contribution in [3.05, 3.63) is 34.9 Å². The van der Waals surface area contributed by atoms with Crippen LogP contribution in [0.4, 0.5) is 0 Å². The Morgan fingerprint density at radius 2 is 1.94 bits per heavy atom. The zero-order valence-corrected chi connectivity index (χ0v) is 11.5. The summed E-state index contributed by atoms with van der Waals surface area (Å²) in [5.74, 6) is -0.485. The van der Waals surface area contributed by atoms with Gasteiger partial charge in [0, 0.05) is 17.3 Å². The van der Waals surface area contributed by atoms with E-state index < -0.39 is 5.97 Å². The number of carbonyl (C=O) groups is 2. The van der Waals surface area contributed by atoms with Crippen molar-refractivity contribution in [3.8, 4) is 0 Å². The Morgan fingerprint density at radius 1 is 1.24 bits per heavy atom. The highest BCUT2D eigenvalue weighted by Gasteiger charge is 2.17. The Kier molecular flexibility index (Phi) is 5.35. The van der Waals surface area contributed by atoms with E-state index >= 15 is 0 Å². The molecule has 1 aromatic carbocycles. The first-order valence-electron chi connectivity index (χ1n) is 5.53. The average Bonchev–Trinajstić information content (AvgIpc) is 2.37. The maximum atomic E-state index is 11.8. The van der Waals surface area contributed by atoms with E-state index in [0.717, 1.165) is 5.56 Å². The number of hydrogen-bond donors (Lipinski definition) is 0. The van der Waals surface area contributed by atoms with Gasteiger partial charge in [0.2, 0.25) is 0 Å². The Morgan fingerprint density at radius 3 is 2.47 bits per heavy atom. The summed E-state index contributed by atoms with van der Waals surface area (Å²) in [6.07, 6.45) is 0.375. The molecule has 0 bridgehead atoms. The van der Waals surface area contributed by atoms with Crippen LogP contribution in [0.3, 0.4) is 0 Å². The third-order valence-electron chi connectivity index (χ3n) is 2.36. The molecule has 0 radical (unpaired) electrons. The van der Waals surface area contributed by atoms with Gasteiger partial charge >= 0.3 is 5.97 Å². The van der Waals surface area contributed by atoms with Crippen LogP contribution in [0.1, 0.15) is 46.5 Å². The van der Waals surface area contributed by atoms with Crippen molar-refractivity contribution < 1.29 is 14.3 Å². The van der Waals surface area contributed by atoms with Gasteiger partial charge in [-0.05, 0) is 18.6 Å². The minimum Gasteiger partial charge on any atom is -0.462 e. The molecule has 0 aromatic heterocycles. The maximum absolute atomic E-state index is 11.8. The number of halogens is 1. The topological polar surface area (TPSA) is 43.4 Å². The van der Waals surface area contributed by atoms with Crippen molar-refractivity contribution in [1.82, 2.24) is 0 Å². The molecule has 4 heteroatoms. The first-order chi connectivity index (χ1) is 8.13. The lowest BCUT2D eigenvalue weighted by atomic mass is 10.00. The number of alkyl halides is 1. The predicted molar refractivity (Wildman–Crippen MR) is 69.7 cm³/mol. The first kappa shape index (κ1) is 13.9. The van der Waals surface area contributed by atoms with Crippen molar-refractivity contribution in [2.24, 2.45) is 0 Å². The number of ether oxygens (including phenoxy) is 1. The van der Waals surface area contributed by atoms with Crippen LogP contribution in [0.2, 0.25) is 0 Å². The van der Waals surface area contributed by atoms with Gasteiger partial charge < -0.3 is 4.74 Å². The van der Waals surface area contributed by atoms with Crippen LogP contribution in [-0.4, -0.2) is 18.4 Å². The Hall–Kier alpha value is -1.16. The van der Waals surface area contributed by atoms with Crippen molar-refractivity contribution >= 4 is 27.7 Å². The molecule has 0 saturated carbocycles. The Balaban J connectivity index is 3.20. The predicted octanol–water partition coefficient (Wildman–Crippen LogP) is 3.35. The summed E-state index contributed by atoms with van der Waals surface area (Å²) < 4.78 is 4.96. The highest BCUT2D eigenvalue weighted by atomic mass is 79.9. The molecule has 0 saturated heterocycles. The van der Waals surface area contributed by atoms with Gasteiger partial charge in [-0.15, -0.1) is 0 Å². The van der Waals surface area contributed by atoms with Gasteiger partial charge in [-0.1, -0.05) is 35.0 Å². The number of Topliss-reactive ketones (excluding diaryl/α,β-unsaturated/α-hetero) is 1. The minimum absolute atomic E-state index is 0.0471. The molecule has 0 heterocycles. The molecule has 1 rings (SSSR count). The van der Waals surface area contributed by atoms with Crippen molar-refractivity contribution in [2.75, 3.05) is 6.61 Å². The molecule has 0 unspecified atom stereocenters. The second kappa shape index (κ2) is 6.55. The number of rotatable bonds is 5. The fourth-order valence-electron chi connectivity index (χ4n) is 1.49. The summed E-state index contributed by atoms with van der Waals surface area (Å²) >= 11 is 3.32. The molecule has 1 aromatic rings. The van der Waals surface area contributed by atoms with Crippen molar-refractivity contribution in [3.63, 3.8) is 0 Å². The number of benzene rings is 1. The van der Waals surface area contributed by atoms with Crippen molar-refractivity contribution in [1.29, 1.82) is 0 Å². The molecule has 0 aliphatic rings. The van der Waals surface area contributed by atoms with E-state index in [1.165, 1.54) is 0 Å². The van der Waals surface area contributed by atoms with Gasteiger partial charge in [0.1, 0.15) is 0 Å². The van der Waals surface area contributed by atoms with Crippen LogP contribution in [0, 0.1) is 0 Å². The Bertz CT molecular complexity index is 427. The first-order valence-corrected chi connectivity index (χ1v) is 6.65. The lowest BCUT2D eigenvalue weighted by molar-refractivity contribution is 0.0523. The maximum Gasteiger partial charge on any atom is 0.338 e. The van der Waals surface area contributed by atoms with Crippen LogP contribution in [0.15, 0.2) is 18.2 Å². The summed E-state index contributed by atoms with van der Waals surface area (Å²) in [5.41, 5.74) is 1.74. The summed E-state index contributed by atoms with van der Waals surface area (Å²) in [7, 11) is 0. The van der Waals surface area contributed by atoms with E-state index in [1.807, 2.05) is 6.07 Å². The molecule has 0 aliphatic heterocycles. The van der Waals surface area contributed by atoms with Crippen LogP contribution >= 0.6 is 15.9 Å². The van der Waals surface area contributed by atoms with E-state index in [9.17, 15) is 9.59 Å². The van der Waals surface area contributed by atoms with Crippen molar-refractivity contribution in [2.45, 2.75) is 25.6 Å². The van der Waals surface area contributed by atoms with Gasteiger partial charge in [0.25, 0.3) is 0 Å². The number of ketones is 1. The van der Waals surface area contributed by atoms with Gasteiger partial charge in [-0.25, -0.2) is 4.79 Å². The summed E-state index contributed by atoms with van der Waals surface area (Å²) in [5, 5.41) is 0.639. The van der Waals surface area contributed by atoms with Crippen LogP contribution in [0.25, 0.3) is 0 Å². The number of carbonyl (C=O) groups excluding carboxylic acids is 2. The molecule has 0 aliphatic carbocycles. The average molecular weight is 299 g/mol. The van der Waals surface area contributed by atoms with Crippen LogP contribution < -0.4 is 0 Å². The molecular weight excluding hydrogens is 284 g/mol. The van der Waals surface area contributed by atoms with Gasteiger partial charge in [0.05, 0.1) is 12.2 Å². The highest BCUT2D eigenvalue weighted by Crippen LogP contribution is 2.17. The molecule has 0 atom stereocenters. The quantitative estimate of drug-likeness (QED) is 0.476. The molecule has 0 N–H and O–H groups in total. The van der Waals surface area contributed by atoms with E-state index in [4.69, 9.17) is 4.74 Å². The molecule has 0 amide bonds. The monoisotopic (exact) mass is 298 g/mol. The molecule has 17 heavy (non-hydrogen) atoms. The normalized spacial score (nSPS) is 10.1. The standard InChI is InChI=1S/C13H15BrO3/c1-3-12(15)10-6-5-9(8-14)7-11(10)13(16)17-4-2/h5-7H,3-4,8H2,1-2H3. The summed E-state index contributed by atoms with van der Waals surface area (Å²) in [4.78, 5) is 23.5. The fourth-order valence-corrected chi connectivity index (χ4v) is 1.83. The number of hydrogen-bond acceptors (Lipinski definition) is 3. The highest BCUT2D eigenvalue weighted by molar-refractivity contribution is 9.08. The zero-order chi connectivity index (χ0) is 12.8. The second-order valence-corrected chi connectivity index (χ2v) is 4.07. The molecule has 3 nitrogen and oxygen atoms in total. The van der Waals surface area contributed by atoms with Gasteiger partial charge in [-0.3, -0.25) is 4.79 Å². The van der Waals surface area contributed by atoms with E-state index in [1.54, 1.807) is 26.0 Å². The molecular formula is C13H15BrO3. The van der Waals surface area contributed by atoms with E-state index in [-0.39, 0.29) is 5.78 Å². The largest absolute Gasteiger partial charge is 0.462 e. The fraction of sp³-hybridized carbons (Fsp3) is 0.385. The third kappa shape index (κ3) is 3.40. The lowest BCUT2D eigenvalue weighted by Gasteiger charge is -2.08. The molecule has 0 spiro atoms. The number of esters is 1. The van der Waals surface area contributed by atoms with Gasteiger partial charge in [0.15, 0.2) is 5.78 Å². The molecule has 92 valence electrons. The smallest absolute Gasteiger partial charge is 0.338 e. The zero-order valence-electron chi connectivity index (χ0n) is 9.96. The van der Waals surface area contributed by atoms with Crippen LogP contribution in [0.5, 0.6) is 0 Å². The summed E-state index contributed by atoms with van der Waals surface area (Å²) in [6, 6.07) is 5.23. The SMILES string of the molecule is CCOC(=O)c1cc(CBr)ccc1C(=O)CC. The van der Waals surface area contributed by atoms with E-state index in [0.29, 0.717) is 29.5 Å². The van der Waals surface area contributed by atoms with Crippen LogP contribution in [-0.2, 0) is 10.1 Å². The summed E-state index contributed by atoms with van der Waals surface area (Å²) in [6.45, 7) is 3.82. The minimum atomic E-state index is -0.438. The van der Waals surface area contributed by atoms with Gasteiger partial charge in [-0.2, -0.15) is 0 Å². The Labute approximate surface area is 109 Å². The van der Waals surface area contributed by atoms with E-state index in [2.05, 4.69) is 15.9 Å².